The van der Waals surface area contributed by atoms with Gasteiger partial charge in [0.25, 0.3) is 0 Å². The number of amides is 1. The Bertz CT molecular complexity index is 369. The van der Waals surface area contributed by atoms with Gasteiger partial charge in [-0.05, 0) is 38.6 Å². The number of hydrogen-bond donors (Lipinski definition) is 1. The molecule has 2 N–H and O–H groups in total. The monoisotopic (exact) mass is 429 g/mol. The number of unbranched alkanes of at least 4 members (excludes halogenated alkanes) is 2. The number of carbonyl (C=O) groups is 1. The lowest BCUT2D eigenvalue weighted by Crippen LogP contribution is -2.44. The van der Waals surface area contributed by atoms with E-state index in [2.05, 4.69) is 4.90 Å². The summed E-state index contributed by atoms with van der Waals surface area (Å²) >= 11 is 0. The molecule has 9 heteroatoms. The Morgan fingerprint density at radius 2 is 1.74 bits per heavy atom. The Balaban J connectivity index is 0.00000338. The molecule has 7 nitrogen and oxygen atoms in total. The van der Waals surface area contributed by atoms with Gasteiger partial charge in [-0.2, -0.15) is 5.06 Å². The van der Waals surface area contributed by atoms with Gasteiger partial charge >= 0.3 is 6.09 Å². The molecule has 1 heterocycles. The van der Waals surface area contributed by atoms with Gasteiger partial charge in [-0.25, -0.2) is 4.79 Å². The molecular formula is C18H37Cl2N3O4. The average molecular weight is 430 g/mol. The van der Waals surface area contributed by atoms with Gasteiger partial charge in [0.15, 0.2) is 0 Å². The number of ether oxygens (including phenoxy) is 2. The van der Waals surface area contributed by atoms with Gasteiger partial charge in [0.2, 0.25) is 0 Å². The predicted molar refractivity (Wildman–Crippen MR) is 111 cm³/mol. The van der Waals surface area contributed by atoms with Crippen LogP contribution in [0.3, 0.4) is 0 Å². The van der Waals surface area contributed by atoms with Gasteiger partial charge in [0, 0.05) is 19.6 Å². The first-order chi connectivity index (χ1) is 12.3. The van der Waals surface area contributed by atoms with Gasteiger partial charge < -0.3 is 15.2 Å². The summed E-state index contributed by atoms with van der Waals surface area (Å²) < 4.78 is 10.8. The lowest BCUT2D eigenvalue weighted by atomic mass is 9.95. The Morgan fingerprint density at radius 3 is 2.41 bits per heavy atom. The first-order valence-electron chi connectivity index (χ1n) is 9.90. The van der Waals surface area contributed by atoms with Crippen LogP contribution in [-0.2, 0) is 14.3 Å². The Labute approximate surface area is 176 Å². The molecule has 1 aliphatic heterocycles. The van der Waals surface area contributed by atoms with E-state index in [4.69, 9.17) is 20.0 Å². The van der Waals surface area contributed by atoms with E-state index in [1.165, 1.54) is 11.5 Å². The van der Waals surface area contributed by atoms with E-state index in [0.717, 1.165) is 77.8 Å². The molecule has 162 valence electrons. The molecular weight excluding hydrogens is 393 g/mol. The van der Waals surface area contributed by atoms with Crippen LogP contribution in [-0.4, -0.2) is 74.7 Å². The van der Waals surface area contributed by atoms with Crippen molar-refractivity contribution in [2.24, 2.45) is 5.73 Å². The van der Waals surface area contributed by atoms with E-state index in [-0.39, 0.29) is 36.9 Å². The second kappa shape index (κ2) is 16.6. The summed E-state index contributed by atoms with van der Waals surface area (Å²) in [4.78, 5) is 20.7. The molecule has 2 aliphatic rings. The second-order valence-corrected chi connectivity index (χ2v) is 6.87. The molecule has 27 heavy (non-hydrogen) atoms. The van der Waals surface area contributed by atoms with E-state index in [9.17, 15) is 4.79 Å². The van der Waals surface area contributed by atoms with Crippen LogP contribution < -0.4 is 5.73 Å². The Kier molecular flexibility index (Phi) is 16.4. The van der Waals surface area contributed by atoms with Crippen LogP contribution in [0.15, 0.2) is 0 Å². The minimum Gasteiger partial charge on any atom is -0.448 e. The first kappa shape index (κ1) is 26.7. The zero-order valence-electron chi connectivity index (χ0n) is 16.3. The zero-order valence-corrected chi connectivity index (χ0v) is 17.9. The fourth-order valence-electron chi connectivity index (χ4n) is 3.36. The average Bonchev–Trinajstić information content (AvgIpc) is 2.66. The Morgan fingerprint density at radius 1 is 1.04 bits per heavy atom. The highest BCUT2D eigenvalue weighted by Gasteiger charge is 2.28. The summed E-state index contributed by atoms with van der Waals surface area (Å²) in [6.07, 6.45) is 8.03. The molecule has 0 unspecified atom stereocenters. The van der Waals surface area contributed by atoms with Crippen LogP contribution in [0.4, 0.5) is 4.79 Å². The standard InChI is InChI=1S/C18H35N3O4.2ClH/c19-9-5-2-6-13-24-18(22)21(17-7-3-1-4-8-17)25-16-12-20-10-14-23-15-11-20;;/h17H,1-16,19H2;2*1H. The summed E-state index contributed by atoms with van der Waals surface area (Å²) in [6, 6.07) is 0.148. The molecule has 1 saturated heterocycles. The van der Waals surface area contributed by atoms with E-state index >= 15 is 0 Å². The van der Waals surface area contributed by atoms with Gasteiger partial charge in [-0.15, -0.1) is 24.8 Å². The molecule has 0 atom stereocenters. The fraction of sp³-hybridized carbons (Fsp3) is 0.944. The van der Waals surface area contributed by atoms with Gasteiger partial charge in [-0.3, -0.25) is 9.74 Å². The highest BCUT2D eigenvalue weighted by atomic mass is 35.5. The van der Waals surface area contributed by atoms with Gasteiger partial charge in [0.05, 0.1) is 32.5 Å². The lowest BCUT2D eigenvalue weighted by Gasteiger charge is -2.33. The van der Waals surface area contributed by atoms with E-state index in [0.29, 0.717) is 19.8 Å². The van der Waals surface area contributed by atoms with E-state index in [1.54, 1.807) is 0 Å². The zero-order chi connectivity index (χ0) is 17.7. The number of nitrogens with two attached hydrogens (primary N) is 1. The second-order valence-electron chi connectivity index (χ2n) is 6.87. The van der Waals surface area contributed by atoms with Crippen molar-refractivity contribution in [2.45, 2.75) is 57.4 Å². The third-order valence-corrected chi connectivity index (χ3v) is 4.90. The molecule has 1 amide bonds. The van der Waals surface area contributed by atoms with Crippen LogP contribution in [0.5, 0.6) is 0 Å². The maximum absolute atomic E-state index is 12.5. The van der Waals surface area contributed by atoms with Crippen LogP contribution in [0, 0.1) is 0 Å². The number of morpholine rings is 1. The fourth-order valence-corrected chi connectivity index (χ4v) is 3.36. The van der Waals surface area contributed by atoms with E-state index < -0.39 is 0 Å². The molecule has 2 fully saturated rings. The molecule has 2 rings (SSSR count). The number of hydroxylamine groups is 2. The first-order valence-corrected chi connectivity index (χ1v) is 9.90. The third-order valence-electron chi connectivity index (χ3n) is 4.90. The van der Waals surface area contributed by atoms with Crippen molar-refractivity contribution in [3.63, 3.8) is 0 Å². The quantitative estimate of drug-likeness (QED) is 0.424. The summed E-state index contributed by atoms with van der Waals surface area (Å²) in [5, 5.41) is 1.52. The molecule has 0 bridgehead atoms. The minimum absolute atomic E-state index is 0. The van der Waals surface area contributed by atoms with Crippen molar-refractivity contribution >= 4 is 30.9 Å². The molecule has 0 aromatic rings. The highest BCUT2D eigenvalue weighted by Crippen LogP contribution is 2.23. The topological polar surface area (TPSA) is 77.3 Å². The third kappa shape index (κ3) is 10.7. The van der Waals surface area contributed by atoms with E-state index in [1.807, 2.05) is 0 Å². The number of carbonyl (C=O) groups excluding carboxylic acids is 1. The molecule has 0 radical (unpaired) electrons. The van der Waals surface area contributed by atoms with Crippen LogP contribution >= 0.6 is 24.8 Å². The predicted octanol–water partition coefficient (Wildman–Crippen LogP) is 2.99. The molecule has 1 aliphatic carbocycles. The van der Waals surface area contributed by atoms with Crippen molar-refractivity contribution < 1.29 is 19.1 Å². The van der Waals surface area contributed by atoms with Crippen LogP contribution in [0.25, 0.3) is 0 Å². The summed E-state index contributed by atoms with van der Waals surface area (Å²) in [5.74, 6) is 0. The van der Waals surface area contributed by atoms with Crippen molar-refractivity contribution in [1.82, 2.24) is 9.96 Å². The number of halogens is 2. The molecule has 0 aromatic carbocycles. The van der Waals surface area contributed by atoms with Crippen molar-refractivity contribution in [2.75, 3.05) is 52.6 Å². The highest BCUT2D eigenvalue weighted by molar-refractivity contribution is 5.85. The number of nitrogens with zero attached hydrogens (tertiary/aromatic N) is 2. The Hall–Kier alpha value is -0.310. The van der Waals surface area contributed by atoms with Crippen LogP contribution in [0.1, 0.15) is 51.4 Å². The summed E-state index contributed by atoms with van der Waals surface area (Å²) in [7, 11) is 0. The molecule has 1 saturated carbocycles. The largest absolute Gasteiger partial charge is 0.448 e. The molecule has 0 spiro atoms. The summed E-state index contributed by atoms with van der Waals surface area (Å²) in [6.45, 7) is 5.86. The summed E-state index contributed by atoms with van der Waals surface area (Å²) in [5.41, 5.74) is 5.48. The minimum atomic E-state index is -0.332. The van der Waals surface area contributed by atoms with Crippen molar-refractivity contribution in [3.8, 4) is 0 Å². The lowest BCUT2D eigenvalue weighted by molar-refractivity contribution is -0.171. The number of hydrogen-bond acceptors (Lipinski definition) is 6. The maximum Gasteiger partial charge on any atom is 0.434 e. The van der Waals surface area contributed by atoms with Crippen LogP contribution in [0.2, 0.25) is 0 Å². The van der Waals surface area contributed by atoms with Crippen molar-refractivity contribution in [1.29, 1.82) is 0 Å². The maximum atomic E-state index is 12.5. The van der Waals surface area contributed by atoms with Gasteiger partial charge in [-0.1, -0.05) is 19.3 Å². The number of rotatable bonds is 10. The molecule has 0 aromatic heterocycles. The SMILES string of the molecule is Cl.Cl.NCCCCCOC(=O)N(OCCN1CCOCC1)C1CCCCC1. The smallest absolute Gasteiger partial charge is 0.434 e. The van der Waals surface area contributed by atoms with Gasteiger partial charge in [0.1, 0.15) is 0 Å². The normalized spacial score (nSPS) is 18.3. The van der Waals surface area contributed by atoms with Crippen molar-refractivity contribution in [3.05, 3.63) is 0 Å².